The first-order valence-corrected chi connectivity index (χ1v) is 8.89. The zero-order chi connectivity index (χ0) is 18.4. The van der Waals surface area contributed by atoms with E-state index in [4.69, 9.17) is 5.11 Å². The summed E-state index contributed by atoms with van der Waals surface area (Å²) in [5.41, 5.74) is 1.72. The number of nitrogens with zero attached hydrogens (tertiary/aromatic N) is 1. The van der Waals surface area contributed by atoms with Crippen LogP contribution in [0.5, 0.6) is 0 Å². The van der Waals surface area contributed by atoms with Crippen molar-refractivity contribution in [3.8, 4) is 0 Å². The van der Waals surface area contributed by atoms with Crippen LogP contribution >= 0.6 is 0 Å². The molecule has 6 heteroatoms. The Morgan fingerprint density at radius 2 is 1.69 bits per heavy atom. The van der Waals surface area contributed by atoms with Gasteiger partial charge in [0.2, 0.25) is 0 Å². The van der Waals surface area contributed by atoms with Gasteiger partial charge in [0.05, 0.1) is 17.7 Å². The van der Waals surface area contributed by atoms with Gasteiger partial charge in [-0.3, -0.25) is 9.78 Å². The number of hydrogen-bond acceptors (Lipinski definition) is 3. The molecule has 2 amide bonds. The number of aromatic nitrogens is 1. The molecule has 1 heterocycles. The van der Waals surface area contributed by atoms with Crippen molar-refractivity contribution in [2.75, 3.05) is 0 Å². The summed E-state index contributed by atoms with van der Waals surface area (Å²) in [5, 5.41) is 15.1. The normalized spacial score (nSPS) is 20.8. The fraction of sp³-hybridized carbons (Fsp3) is 0.350. The molecule has 136 valence electrons. The number of urea groups is 1. The predicted molar refractivity (Wildman–Crippen MR) is 97.6 cm³/mol. The lowest BCUT2D eigenvalue weighted by Gasteiger charge is -2.28. The van der Waals surface area contributed by atoms with E-state index in [0.29, 0.717) is 25.7 Å². The molecular formula is C20H23N3O3. The molecule has 1 unspecified atom stereocenters. The first kappa shape index (κ1) is 17.9. The fourth-order valence-corrected chi connectivity index (χ4v) is 3.36. The standard InChI is InChI=1S/C20H23N3O3/c24-19(25)15-9-11-16(12-10-15)22-20(26)23-18(14-6-2-1-3-7-14)17-8-4-5-13-21-17/h1-8,13,15-16,18H,9-12H2,(H,24,25)(H2,22,23,26). The highest BCUT2D eigenvalue weighted by Crippen LogP contribution is 2.25. The highest BCUT2D eigenvalue weighted by atomic mass is 16.4. The smallest absolute Gasteiger partial charge is 0.315 e. The van der Waals surface area contributed by atoms with Crippen LogP contribution in [0, 0.1) is 5.92 Å². The van der Waals surface area contributed by atoms with Crippen molar-refractivity contribution in [3.05, 3.63) is 66.0 Å². The molecule has 0 radical (unpaired) electrons. The van der Waals surface area contributed by atoms with Crippen LogP contribution in [-0.2, 0) is 4.79 Å². The first-order chi connectivity index (χ1) is 12.6. The molecule has 1 aliphatic carbocycles. The Balaban J connectivity index is 1.64. The van der Waals surface area contributed by atoms with Gasteiger partial charge in [0, 0.05) is 12.2 Å². The number of pyridine rings is 1. The van der Waals surface area contributed by atoms with E-state index in [0.717, 1.165) is 11.3 Å². The molecule has 0 bridgehead atoms. The van der Waals surface area contributed by atoms with E-state index in [9.17, 15) is 9.59 Å². The Bertz CT molecular complexity index is 689. The van der Waals surface area contributed by atoms with E-state index < -0.39 is 5.97 Å². The highest BCUT2D eigenvalue weighted by Gasteiger charge is 2.27. The summed E-state index contributed by atoms with van der Waals surface area (Å²) in [7, 11) is 0. The van der Waals surface area contributed by atoms with E-state index in [1.165, 1.54) is 0 Å². The minimum absolute atomic E-state index is 0.00533. The molecule has 1 aliphatic rings. The summed E-state index contributed by atoms with van der Waals surface area (Å²) in [6, 6.07) is 14.7. The summed E-state index contributed by atoms with van der Waals surface area (Å²) in [6.45, 7) is 0. The summed E-state index contributed by atoms with van der Waals surface area (Å²) in [6.07, 6.45) is 4.28. The number of hydrogen-bond donors (Lipinski definition) is 3. The van der Waals surface area contributed by atoms with Crippen LogP contribution in [-0.4, -0.2) is 28.1 Å². The molecule has 1 aromatic heterocycles. The van der Waals surface area contributed by atoms with Gasteiger partial charge in [-0.1, -0.05) is 36.4 Å². The van der Waals surface area contributed by atoms with Gasteiger partial charge >= 0.3 is 12.0 Å². The molecule has 1 saturated carbocycles. The van der Waals surface area contributed by atoms with E-state index in [1.807, 2.05) is 48.5 Å². The third kappa shape index (κ3) is 4.59. The molecule has 0 aliphatic heterocycles. The number of rotatable bonds is 5. The van der Waals surface area contributed by atoms with Crippen LogP contribution in [0.15, 0.2) is 54.7 Å². The van der Waals surface area contributed by atoms with Gasteiger partial charge in [0.25, 0.3) is 0 Å². The van der Waals surface area contributed by atoms with Crippen molar-refractivity contribution in [1.82, 2.24) is 15.6 Å². The summed E-state index contributed by atoms with van der Waals surface area (Å²) >= 11 is 0. The molecule has 1 fully saturated rings. The molecule has 3 rings (SSSR count). The Labute approximate surface area is 152 Å². The second-order valence-corrected chi connectivity index (χ2v) is 6.60. The molecule has 26 heavy (non-hydrogen) atoms. The van der Waals surface area contributed by atoms with E-state index >= 15 is 0 Å². The zero-order valence-electron chi connectivity index (χ0n) is 14.5. The number of carboxylic acids is 1. The van der Waals surface area contributed by atoms with Gasteiger partial charge in [-0.2, -0.15) is 0 Å². The van der Waals surface area contributed by atoms with Crippen molar-refractivity contribution in [3.63, 3.8) is 0 Å². The molecule has 3 N–H and O–H groups in total. The van der Waals surface area contributed by atoms with E-state index in [1.54, 1.807) is 6.20 Å². The molecule has 1 aromatic carbocycles. The zero-order valence-corrected chi connectivity index (χ0v) is 14.5. The monoisotopic (exact) mass is 353 g/mol. The highest BCUT2D eigenvalue weighted by molar-refractivity contribution is 5.75. The fourth-order valence-electron chi connectivity index (χ4n) is 3.36. The van der Waals surface area contributed by atoms with Crippen LogP contribution < -0.4 is 10.6 Å². The lowest BCUT2D eigenvalue weighted by Crippen LogP contribution is -2.45. The number of carbonyl (C=O) groups excluding carboxylic acids is 1. The minimum Gasteiger partial charge on any atom is -0.481 e. The maximum atomic E-state index is 12.5. The van der Waals surface area contributed by atoms with Gasteiger partial charge < -0.3 is 15.7 Å². The minimum atomic E-state index is -0.743. The Morgan fingerprint density at radius 3 is 2.31 bits per heavy atom. The van der Waals surface area contributed by atoms with Gasteiger partial charge in [0.1, 0.15) is 0 Å². The first-order valence-electron chi connectivity index (χ1n) is 8.89. The van der Waals surface area contributed by atoms with E-state index in [2.05, 4.69) is 15.6 Å². The quantitative estimate of drug-likeness (QED) is 0.770. The average Bonchev–Trinajstić information content (AvgIpc) is 2.68. The van der Waals surface area contributed by atoms with Crippen molar-refractivity contribution in [2.45, 2.75) is 37.8 Å². The Kier molecular flexibility index (Phi) is 5.84. The van der Waals surface area contributed by atoms with Gasteiger partial charge in [-0.25, -0.2) is 4.79 Å². The Morgan fingerprint density at radius 1 is 1.00 bits per heavy atom. The molecule has 6 nitrogen and oxygen atoms in total. The van der Waals surface area contributed by atoms with Crippen LogP contribution in [0.3, 0.4) is 0 Å². The summed E-state index contributed by atoms with van der Waals surface area (Å²) < 4.78 is 0. The second kappa shape index (κ2) is 8.47. The lowest BCUT2D eigenvalue weighted by molar-refractivity contribution is -0.142. The molecule has 1 atom stereocenters. The van der Waals surface area contributed by atoms with Crippen LogP contribution in [0.1, 0.15) is 43.0 Å². The number of carbonyl (C=O) groups is 2. The molecule has 0 saturated heterocycles. The number of aliphatic carboxylic acids is 1. The largest absolute Gasteiger partial charge is 0.481 e. The van der Waals surface area contributed by atoms with Crippen molar-refractivity contribution in [2.24, 2.45) is 5.92 Å². The third-order valence-electron chi connectivity index (χ3n) is 4.80. The van der Waals surface area contributed by atoms with Gasteiger partial charge in [0.15, 0.2) is 0 Å². The average molecular weight is 353 g/mol. The number of benzene rings is 1. The lowest BCUT2D eigenvalue weighted by atomic mass is 9.86. The number of amides is 2. The molecular weight excluding hydrogens is 330 g/mol. The summed E-state index contributed by atoms with van der Waals surface area (Å²) in [4.78, 5) is 27.9. The van der Waals surface area contributed by atoms with Crippen LogP contribution in [0.4, 0.5) is 4.79 Å². The molecule has 0 spiro atoms. The second-order valence-electron chi connectivity index (χ2n) is 6.60. The molecule has 2 aromatic rings. The predicted octanol–water partition coefficient (Wildman–Crippen LogP) is 3.11. The topological polar surface area (TPSA) is 91.3 Å². The van der Waals surface area contributed by atoms with Gasteiger partial charge in [-0.05, 0) is 43.4 Å². The van der Waals surface area contributed by atoms with Crippen LogP contribution in [0.2, 0.25) is 0 Å². The van der Waals surface area contributed by atoms with Crippen molar-refractivity contribution < 1.29 is 14.7 Å². The van der Waals surface area contributed by atoms with Crippen molar-refractivity contribution >= 4 is 12.0 Å². The maximum Gasteiger partial charge on any atom is 0.315 e. The summed E-state index contributed by atoms with van der Waals surface area (Å²) in [5.74, 6) is -1.03. The number of nitrogens with one attached hydrogen (secondary N) is 2. The van der Waals surface area contributed by atoms with Crippen LogP contribution in [0.25, 0.3) is 0 Å². The SMILES string of the molecule is O=C(NC1CCC(C(=O)O)CC1)NC(c1ccccc1)c1ccccn1. The number of carboxylic acid groups (broad SMARTS) is 1. The van der Waals surface area contributed by atoms with Gasteiger partial charge in [-0.15, -0.1) is 0 Å². The Hall–Kier alpha value is -2.89. The third-order valence-corrected chi connectivity index (χ3v) is 4.80. The van der Waals surface area contributed by atoms with E-state index in [-0.39, 0.29) is 24.0 Å². The van der Waals surface area contributed by atoms with Crippen molar-refractivity contribution in [1.29, 1.82) is 0 Å². The maximum absolute atomic E-state index is 12.5.